The summed E-state index contributed by atoms with van der Waals surface area (Å²) in [5.41, 5.74) is 3.40. The van der Waals surface area contributed by atoms with Crippen molar-refractivity contribution in [2.24, 2.45) is 0 Å². The molecule has 0 aliphatic carbocycles. The van der Waals surface area contributed by atoms with Gasteiger partial charge >= 0.3 is 6.03 Å². The summed E-state index contributed by atoms with van der Waals surface area (Å²) in [4.78, 5) is 21.8. The van der Waals surface area contributed by atoms with Gasteiger partial charge in [0.2, 0.25) is 0 Å². The number of anilines is 1. The summed E-state index contributed by atoms with van der Waals surface area (Å²) in [6, 6.07) is 14.5. The first-order valence-corrected chi connectivity index (χ1v) is 12.3. The van der Waals surface area contributed by atoms with Gasteiger partial charge in [-0.15, -0.1) is 11.3 Å². The number of benzene rings is 2. The van der Waals surface area contributed by atoms with Crippen LogP contribution in [-0.2, 0) is 6.54 Å². The maximum absolute atomic E-state index is 12.6. The van der Waals surface area contributed by atoms with E-state index in [0.717, 1.165) is 60.1 Å². The number of likely N-dealkylation sites (tertiary alicyclic amines) is 1. The molecule has 31 heavy (non-hydrogen) atoms. The molecule has 0 bridgehead atoms. The number of hydrogen-bond acceptors (Lipinski definition) is 4. The van der Waals surface area contributed by atoms with E-state index in [1.54, 1.807) is 11.3 Å². The molecule has 162 valence electrons. The minimum atomic E-state index is 0.0261. The van der Waals surface area contributed by atoms with Gasteiger partial charge in [-0.2, -0.15) is 0 Å². The van der Waals surface area contributed by atoms with Crippen molar-refractivity contribution in [2.75, 3.05) is 31.1 Å². The average Bonchev–Trinajstić information content (AvgIpc) is 3.48. The number of carbonyl (C=O) groups excluding carboxylic acids is 1. The lowest BCUT2D eigenvalue weighted by Crippen LogP contribution is -2.43. The Balaban J connectivity index is 1.12. The normalized spacial score (nSPS) is 17.5. The number of hydrogen-bond donors (Lipinski definition) is 1. The number of amides is 2. The zero-order chi connectivity index (χ0) is 21.2. The summed E-state index contributed by atoms with van der Waals surface area (Å²) in [5, 5.41) is 4.97. The Morgan fingerprint density at radius 3 is 2.55 bits per heavy atom. The number of thiazole rings is 1. The summed E-state index contributed by atoms with van der Waals surface area (Å²) in [6.45, 7) is 4.40. The van der Waals surface area contributed by atoms with Gasteiger partial charge < -0.3 is 15.1 Å². The van der Waals surface area contributed by atoms with E-state index in [2.05, 4.69) is 34.5 Å². The fourth-order valence-electron chi connectivity index (χ4n) is 4.51. The molecule has 2 aromatic carbocycles. The molecule has 0 atom stereocenters. The monoisotopic (exact) mass is 454 g/mol. The lowest BCUT2D eigenvalue weighted by Gasteiger charge is -2.31. The first-order valence-electron chi connectivity index (χ1n) is 11.1. The largest absolute Gasteiger partial charge is 0.372 e. The van der Waals surface area contributed by atoms with Gasteiger partial charge in [-0.3, -0.25) is 0 Å². The predicted octanol–water partition coefficient (Wildman–Crippen LogP) is 5.64. The van der Waals surface area contributed by atoms with Crippen LogP contribution in [0, 0.1) is 0 Å². The van der Waals surface area contributed by atoms with Crippen LogP contribution in [-0.4, -0.2) is 42.1 Å². The number of nitrogens with zero attached hydrogens (tertiary/aromatic N) is 3. The molecular weight excluding hydrogens is 428 g/mol. The van der Waals surface area contributed by atoms with Crippen LogP contribution in [0.2, 0.25) is 5.02 Å². The van der Waals surface area contributed by atoms with Crippen LogP contribution in [0.5, 0.6) is 0 Å². The first-order chi connectivity index (χ1) is 15.2. The second kappa shape index (κ2) is 9.05. The van der Waals surface area contributed by atoms with Crippen LogP contribution < -0.4 is 10.2 Å². The molecule has 0 saturated carbocycles. The highest BCUT2D eigenvalue weighted by atomic mass is 35.5. The van der Waals surface area contributed by atoms with E-state index in [1.165, 1.54) is 23.2 Å². The molecule has 0 radical (unpaired) electrons. The van der Waals surface area contributed by atoms with E-state index in [4.69, 9.17) is 16.6 Å². The van der Waals surface area contributed by atoms with Crippen molar-refractivity contribution in [3.8, 4) is 0 Å². The van der Waals surface area contributed by atoms with Gasteiger partial charge in [-0.25, -0.2) is 9.78 Å². The summed E-state index contributed by atoms with van der Waals surface area (Å²) >= 11 is 7.84. The Labute approximate surface area is 192 Å². The minimum absolute atomic E-state index is 0.0261. The van der Waals surface area contributed by atoms with E-state index < -0.39 is 0 Å². The molecule has 2 amide bonds. The number of fused-ring (bicyclic) bond motifs is 1. The van der Waals surface area contributed by atoms with Crippen molar-refractivity contribution in [1.29, 1.82) is 0 Å². The molecule has 2 aliphatic heterocycles. The zero-order valence-corrected chi connectivity index (χ0v) is 19.1. The zero-order valence-electron chi connectivity index (χ0n) is 17.5. The Morgan fingerprint density at radius 1 is 1.06 bits per heavy atom. The second-order valence-electron chi connectivity index (χ2n) is 8.44. The molecule has 1 aromatic heterocycles. The number of nitrogens with one attached hydrogen (secondary N) is 1. The van der Waals surface area contributed by atoms with Crippen molar-refractivity contribution in [3.05, 3.63) is 58.1 Å². The number of carbonyl (C=O) groups is 1. The molecular formula is C24H27ClN4OS. The molecule has 3 aromatic rings. The van der Waals surface area contributed by atoms with Gasteiger partial charge in [0, 0.05) is 49.4 Å². The predicted molar refractivity (Wildman–Crippen MR) is 128 cm³/mol. The van der Waals surface area contributed by atoms with Crippen LogP contribution in [0.4, 0.5) is 10.5 Å². The highest BCUT2D eigenvalue weighted by Crippen LogP contribution is 2.34. The number of piperidine rings is 1. The van der Waals surface area contributed by atoms with E-state index in [9.17, 15) is 4.79 Å². The van der Waals surface area contributed by atoms with Crippen LogP contribution >= 0.6 is 22.9 Å². The highest BCUT2D eigenvalue weighted by Gasteiger charge is 2.26. The lowest BCUT2D eigenvalue weighted by molar-refractivity contribution is 0.181. The average molecular weight is 455 g/mol. The van der Waals surface area contributed by atoms with Gasteiger partial charge in [0.05, 0.1) is 15.2 Å². The third kappa shape index (κ3) is 4.65. The Hall–Kier alpha value is -2.31. The van der Waals surface area contributed by atoms with Gasteiger partial charge in [0.25, 0.3) is 0 Å². The van der Waals surface area contributed by atoms with Crippen molar-refractivity contribution >= 4 is 44.9 Å². The van der Waals surface area contributed by atoms with E-state index >= 15 is 0 Å². The third-order valence-electron chi connectivity index (χ3n) is 6.35. The van der Waals surface area contributed by atoms with E-state index in [-0.39, 0.29) is 6.03 Å². The molecule has 7 heteroatoms. The quantitative estimate of drug-likeness (QED) is 0.555. The number of halogens is 1. The molecule has 2 aliphatic rings. The fraction of sp³-hybridized carbons (Fsp3) is 0.417. The Morgan fingerprint density at radius 2 is 1.81 bits per heavy atom. The summed E-state index contributed by atoms with van der Waals surface area (Å²) in [7, 11) is 0. The van der Waals surface area contributed by atoms with Gasteiger partial charge in [0.15, 0.2) is 0 Å². The summed E-state index contributed by atoms with van der Waals surface area (Å²) in [5.74, 6) is 0.415. The van der Waals surface area contributed by atoms with Crippen LogP contribution in [0.25, 0.3) is 10.2 Å². The van der Waals surface area contributed by atoms with Gasteiger partial charge in [-0.05, 0) is 61.6 Å². The lowest BCUT2D eigenvalue weighted by atomic mass is 9.98. The van der Waals surface area contributed by atoms with Crippen molar-refractivity contribution in [1.82, 2.24) is 15.2 Å². The molecule has 3 heterocycles. The molecule has 0 spiro atoms. The highest BCUT2D eigenvalue weighted by molar-refractivity contribution is 7.18. The molecule has 2 saturated heterocycles. The fourth-order valence-corrected chi connectivity index (χ4v) is 5.80. The third-order valence-corrected chi connectivity index (χ3v) is 7.78. The van der Waals surface area contributed by atoms with Gasteiger partial charge in [0.1, 0.15) is 0 Å². The Bertz CT molecular complexity index is 1050. The van der Waals surface area contributed by atoms with E-state index in [1.807, 2.05) is 23.1 Å². The molecule has 5 rings (SSSR count). The SMILES string of the molecule is O=C(NCc1ccc(N2CCCC2)cc1)N1CCC(c2nc3cc(Cl)ccc3s2)CC1. The number of urea groups is 1. The smallest absolute Gasteiger partial charge is 0.317 e. The van der Waals surface area contributed by atoms with E-state index in [0.29, 0.717) is 12.5 Å². The number of rotatable bonds is 4. The molecule has 0 unspecified atom stereocenters. The topological polar surface area (TPSA) is 48.5 Å². The molecule has 5 nitrogen and oxygen atoms in total. The Kier molecular flexibility index (Phi) is 6.01. The maximum atomic E-state index is 12.6. The number of aromatic nitrogens is 1. The van der Waals surface area contributed by atoms with Crippen LogP contribution in [0.3, 0.4) is 0 Å². The van der Waals surface area contributed by atoms with Crippen molar-refractivity contribution in [3.63, 3.8) is 0 Å². The van der Waals surface area contributed by atoms with Gasteiger partial charge in [-0.1, -0.05) is 23.7 Å². The van der Waals surface area contributed by atoms with Crippen molar-refractivity contribution in [2.45, 2.75) is 38.1 Å². The summed E-state index contributed by atoms with van der Waals surface area (Å²) in [6.07, 6.45) is 4.46. The minimum Gasteiger partial charge on any atom is -0.372 e. The van der Waals surface area contributed by atoms with Crippen molar-refractivity contribution < 1.29 is 4.79 Å². The standard InChI is InChI=1S/C24H27ClN4OS/c25-19-5-8-22-21(15-19)27-23(31-22)18-9-13-29(14-10-18)24(30)26-16-17-3-6-20(7-4-17)28-11-1-2-12-28/h3-8,15,18H,1-2,9-14,16H2,(H,26,30). The first kappa shape index (κ1) is 20.6. The summed E-state index contributed by atoms with van der Waals surface area (Å²) < 4.78 is 1.18. The maximum Gasteiger partial charge on any atom is 0.317 e. The molecule has 2 fully saturated rings. The second-order valence-corrected chi connectivity index (χ2v) is 9.94. The van der Waals surface area contributed by atoms with Crippen LogP contribution in [0.1, 0.15) is 42.2 Å². The molecule has 1 N–H and O–H groups in total. The van der Waals surface area contributed by atoms with Crippen LogP contribution in [0.15, 0.2) is 42.5 Å².